The normalized spacial score (nSPS) is 23.8. The summed E-state index contributed by atoms with van der Waals surface area (Å²) >= 11 is 5.83. The zero-order chi connectivity index (χ0) is 26.4. The van der Waals surface area contributed by atoms with Crippen molar-refractivity contribution < 1.29 is 40.3 Å². The van der Waals surface area contributed by atoms with Gasteiger partial charge >= 0.3 is 12.2 Å². The van der Waals surface area contributed by atoms with Crippen molar-refractivity contribution in [2.24, 2.45) is 5.10 Å². The summed E-state index contributed by atoms with van der Waals surface area (Å²) in [7, 11) is 1.07. The molecule has 0 radical (unpaired) electrons. The van der Waals surface area contributed by atoms with E-state index >= 15 is 4.39 Å². The second kappa shape index (κ2) is 9.49. The number of likely N-dealkylation sites (tertiary alicyclic amines) is 1. The van der Waals surface area contributed by atoms with Crippen LogP contribution < -0.4 is 4.90 Å². The van der Waals surface area contributed by atoms with Gasteiger partial charge in [-0.05, 0) is 23.8 Å². The number of hydrogen-bond acceptors (Lipinski definition) is 4. The summed E-state index contributed by atoms with van der Waals surface area (Å²) in [5, 5.41) is 3.94. The van der Waals surface area contributed by atoms with Crippen LogP contribution in [0.1, 0.15) is 12.8 Å². The number of nitrogens with zero attached hydrogens (tertiary/aromatic N) is 4. The first-order valence-corrected chi connectivity index (χ1v) is 11.1. The predicted molar refractivity (Wildman–Crippen MR) is 117 cm³/mol. The summed E-state index contributed by atoms with van der Waals surface area (Å²) in [6.45, 7) is -1.46. The molecule has 1 aliphatic carbocycles. The summed E-state index contributed by atoms with van der Waals surface area (Å²) in [6.07, 6.45) is -7.11. The molecule has 36 heavy (non-hydrogen) atoms. The molecule has 0 bridgehead atoms. The SMILES string of the molecule is CN1N=C(C2=CC=C(CN(C(=O)N3CCC(F)(F)C3)c3ccc(F)c(Cl)c3)C(F)C2)OC1C(F)(F)F. The molecule has 2 heterocycles. The van der Waals surface area contributed by atoms with Gasteiger partial charge in [0.25, 0.3) is 12.2 Å². The Morgan fingerprint density at radius 1 is 1.31 bits per heavy atom. The lowest BCUT2D eigenvalue weighted by Crippen LogP contribution is -2.45. The average Bonchev–Trinajstić information content (AvgIpc) is 3.36. The number of allylic oxidation sites excluding steroid dienone is 2. The van der Waals surface area contributed by atoms with Gasteiger partial charge in [-0.1, -0.05) is 23.8 Å². The van der Waals surface area contributed by atoms with Crippen LogP contribution in [-0.4, -0.2) is 73.0 Å². The van der Waals surface area contributed by atoms with E-state index in [1.165, 1.54) is 18.2 Å². The molecule has 6 nitrogen and oxygen atoms in total. The number of amides is 2. The van der Waals surface area contributed by atoms with E-state index in [9.17, 15) is 31.1 Å². The van der Waals surface area contributed by atoms with Crippen molar-refractivity contribution in [1.82, 2.24) is 9.91 Å². The first-order valence-electron chi connectivity index (χ1n) is 10.7. The molecule has 4 rings (SSSR count). The van der Waals surface area contributed by atoms with Gasteiger partial charge in [0.2, 0.25) is 5.90 Å². The number of carbonyl (C=O) groups is 1. The lowest BCUT2D eigenvalue weighted by atomic mass is 9.95. The summed E-state index contributed by atoms with van der Waals surface area (Å²) in [5.41, 5.74) is 0.173. The summed E-state index contributed by atoms with van der Waals surface area (Å²) in [6, 6.07) is 2.46. The minimum Gasteiger partial charge on any atom is -0.441 e. The number of carbonyl (C=O) groups excluding carboxylic acids is 1. The zero-order valence-corrected chi connectivity index (χ0v) is 19.5. The van der Waals surface area contributed by atoms with Crippen LogP contribution in [0.4, 0.5) is 41.2 Å². The molecule has 0 spiro atoms. The second-order valence-corrected chi connectivity index (χ2v) is 9.00. The maximum Gasteiger partial charge on any atom is 0.447 e. The topological polar surface area (TPSA) is 48.4 Å². The Hall–Kier alpha value is -2.96. The molecule has 0 aromatic heterocycles. The first kappa shape index (κ1) is 26.1. The minimum absolute atomic E-state index is 0.0397. The zero-order valence-electron chi connectivity index (χ0n) is 18.7. The van der Waals surface area contributed by atoms with E-state index in [1.807, 2.05) is 0 Å². The third-order valence-electron chi connectivity index (χ3n) is 5.89. The van der Waals surface area contributed by atoms with Crippen LogP contribution in [0.3, 0.4) is 0 Å². The highest BCUT2D eigenvalue weighted by Crippen LogP contribution is 2.34. The largest absolute Gasteiger partial charge is 0.447 e. The molecule has 196 valence electrons. The van der Waals surface area contributed by atoms with Crippen molar-refractivity contribution in [2.45, 2.75) is 37.3 Å². The van der Waals surface area contributed by atoms with Gasteiger partial charge in [-0.3, -0.25) is 4.90 Å². The quantitative estimate of drug-likeness (QED) is 0.474. The van der Waals surface area contributed by atoms with Crippen molar-refractivity contribution >= 4 is 29.2 Å². The van der Waals surface area contributed by atoms with Crippen LogP contribution in [-0.2, 0) is 4.74 Å². The lowest BCUT2D eigenvalue weighted by Gasteiger charge is -2.30. The van der Waals surface area contributed by atoms with E-state index in [0.717, 1.165) is 29.0 Å². The van der Waals surface area contributed by atoms with Crippen molar-refractivity contribution in [3.63, 3.8) is 0 Å². The summed E-state index contributed by atoms with van der Waals surface area (Å²) < 4.78 is 100. The van der Waals surface area contributed by atoms with Gasteiger partial charge in [-0.2, -0.15) is 13.2 Å². The first-order chi connectivity index (χ1) is 16.7. The molecule has 1 saturated heterocycles. The lowest BCUT2D eigenvalue weighted by molar-refractivity contribution is -0.230. The number of anilines is 1. The van der Waals surface area contributed by atoms with Crippen LogP contribution in [0.15, 0.2) is 46.6 Å². The van der Waals surface area contributed by atoms with Crippen LogP contribution >= 0.6 is 11.6 Å². The van der Waals surface area contributed by atoms with E-state index in [4.69, 9.17) is 16.3 Å². The highest BCUT2D eigenvalue weighted by molar-refractivity contribution is 6.31. The Labute approximate surface area is 206 Å². The van der Waals surface area contributed by atoms with Crippen LogP contribution in [0.2, 0.25) is 5.02 Å². The number of alkyl halides is 6. The number of ether oxygens (including phenoxy) is 1. The third-order valence-corrected chi connectivity index (χ3v) is 6.18. The molecule has 3 aliphatic rings. The van der Waals surface area contributed by atoms with Crippen LogP contribution in [0.5, 0.6) is 0 Å². The van der Waals surface area contributed by atoms with Crippen molar-refractivity contribution in [2.75, 3.05) is 31.6 Å². The second-order valence-electron chi connectivity index (χ2n) is 8.59. The van der Waals surface area contributed by atoms with Gasteiger partial charge in [-0.15, -0.1) is 5.10 Å². The van der Waals surface area contributed by atoms with Crippen LogP contribution in [0, 0.1) is 5.82 Å². The highest BCUT2D eigenvalue weighted by atomic mass is 35.5. The number of halogens is 8. The Morgan fingerprint density at radius 3 is 2.58 bits per heavy atom. The number of rotatable bonds is 4. The van der Waals surface area contributed by atoms with Crippen molar-refractivity contribution in [3.8, 4) is 0 Å². The fourth-order valence-electron chi connectivity index (χ4n) is 4.01. The monoisotopic (exact) mass is 540 g/mol. The molecule has 2 atom stereocenters. The Bertz CT molecular complexity index is 1140. The number of hydrogen-bond donors (Lipinski definition) is 0. The van der Waals surface area contributed by atoms with Gasteiger partial charge in [0, 0.05) is 37.7 Å². The molecular formula is C22H20ClF7N4O2. The Kier molecular flexibility index (Phi) is 6.88. The Balaban J connectivity index is 1.58. The van der Waals surface area contributed by atoms with Gasteiger partial charge in [-0.25, -0.2) is 27.4 Å². The molecule has 14 heteroatoms. The molecule has 1 fully saturated rings. The fourth-order valence-corrected chi connectivity index (χ4v) is 4.18. The van der Waals surface area contributed by atoms with E-state index in [1.54, 1.807) is 0 Å². The summed E-state index contributed by atoms with van der Waals surface area (Å²) in [5.74, 6) is -4.22. The average molecular weight is 541 g/mol. The molecule has 2 aliphatic heterocycles. The molecule has 0 saturated carbocycles. The Morgan fingerprint density at radius 2 is 2.03 bits per heavy atom. The highest BCUT2D eigenvalue weighted by Gasteiger charge is 2.49. The van der Waals surface area contributed by atoms with Crippen LogP contribution in [0.25, 0.3) is 0 Å². The standard InChI is InChI=1S/C22H20ClF7N4O2/c1-32-19(22(28,29)30)36-18(31-32)12-2-3-13(17(25)8-12)10-34(14-4-5-16(24)15(23)9-14)20(35)33-7-6-21(26,27)11-33/h2-5,9,17,19H,6-8,10-11H2,1H3. The molecule has 1 aromatic carbocycles. The van der Waals surface area contributed by atoms with Gasteiger partial charge in [0.05, 0.1) is 18.1 Å². The van der Waals surface area contributed by atoms with Crippen molar-refractivity contribution in [3.05, 3.63) is 52.3 Å². The smallest absolute Gasteiger partial charge is 0.441 e. The van der Waals surface area contributed by atoms with Crippen molar-refractivity contribution in [1.29, 1.82) is 0 Å². The van der Waals surface area contributed by atoms with E-state index < -0.39 is 62.3 Å². The predicted octanol–water partition coefficient (Wildman–Crippen LogP) is 5.51. The third kappa shape index (κ3) is 5.40. The maximum atomic E-state index is 15.1. The minimum atomic E-state index is -4.71. The molecule has 2 amide bonds. The van der Waals surface area contributed by atoms with E-state index in [2.05, 4.69) is 5.10 Å². The number of benzene rings is 1. The molecule has 2 unspecified atom stereocenters. The van der Waals surface area contributed by atoms with Gasteiger partial charge < -0.3 is 9.64 Å². The molecule has 1 aromatic rings. The van der Waals surface area contributed by atoms with Gasteiger partial charge in [0.1, 0.15) is 12.0 Å². The number of hydrazone groups is 1. The van der Waals surface area contributed by atoms with Gasteiger partial charge in [0.15, 0.2) is 0 Å². The van der Waals surface area contributed by atoms with E-state index in [-0.39, 0.29) is 34.3 Å². The molecular weight excluding hydrogens is 521 g/mol. The van der Waals surface area contributed by atoms with E-state index in [0.29, 0.717) is 5.01 Å². The fraction of sp³-hybridized carbons (Fsp3) is 0.455. The maximum absolute atomic E-state index is 15.1. The summed E-state index contributed by atoms with van der Waals surface area (Å²) in [4.78, 5) is 15.0. The molecule has 0 N–H and O–H groups in total. The number of urea groups is 1.